The van der Waals surface area contributed by atoms with Gasteiger partial charge in [0.25, 0.3) is 0 Å². The Morgan fingerprint density at radius 3 is 2.02 bits per heavy atom. The Labute approximate surface area is 290 Å². The zero-order valence-corrected chi connectivity index (χ0v) is 31.5. The third-order valence-electron chi connectivity index (χ3n) is 9.45. The third kappa shape index (κ3) is 21.3. The molecule has 1 heterocycles. The van der Waals surface area contributed by atoms with Crippen molar-refractivity contribution >= 4 is 5.91 Å². The molecule has 0 aromatic rings. The zero-order valence-electron chi connectivity index (χ0n) is 31.5. The molecule has 1 amide bonds. The zero-order chi connectivity index (χ0) is 34.4. The maximum Gasteiger partial charge on any atom is 0.222 e. The van der Waals surface area contributed by atoms with Crippen LogP contribution in [0.5, 0.6) is 0 Å². The number of amides is 1. The number of unbranched alkanes of at least 4 members (excludes halogenated alkanes) is 15. The molecule has 1 aliphatic rings. The molecule has 1 fully saturated rings. The van der Waals surface area contributed by atoms with Gasteiger partial charge in [-0.05, 0) is 51.9 Å². The first kappa shape index (κ1) is 43.6. The SMILES string of the molecule is C/C=C\O[C@H]1OC(COC)[C@@H](C)C(OCCC(CCCCCCC)OC)[C@H]1NC(=O)CCCCCCCCC/C=C\CCCCCC. The van der Waals surface area contributed by atoms with Crippen molar-refractivity contribution in [2.24, 2.45) is 5.92 Å². The minimum Gasteiger partial charge on any atom is -0.471 e. The molecular weight excluding hydrogens is 590 g/mol. The van der Waals surface area contributed by atoms with Crippen LogP contribution in [-0.2, 0) is 28.5 Å². The molecule has 0 aromatic carbocycles. The second-order valence-electron chi connectivity index (χ2n) is 13.6. The summed E-state index contributed by atoms with van der Waals surface area (Å²) in [5.41, 5.74) is 0. The average molecular weight is 666 g/mol. The van der Waals surface area contributed by atoms with E-state index in [0.29, 0.717) is 19.6 Å². The van der Waals surface area contributed by atoms with Crippen molar-refractivity contribution in [2.75, 3.05) is 27.4 Å². The van der Waals surface area contributed by atoms with Gasteiger partial charge in [-0.15, -0.1) is 0 Å². The number of methoxy groups -OCH3 is 2. The van der Waals surface area contributed by atoms with Gasteiger partial charge in [0.2, 0.25) is 12.2 Å². The van der Waals surface area contributed by atoms with E-state index >= 15 is 0 Å². The fourth-order valence-electron chi connectivity index (χ4n) is 6.41. The Bertz CT molecular complexity index is 774. The number of ether oxygens (including phenoxy) is 5. The fourth-order valence-corrected chi connectivity index (χ4v) is 6.41. The van der Waals surface area contributed by atoms with Crippen molar-refractivity contribution in [3.63, 3.8) is 0 Å². The predicted octanol–water partition coefficient (Wildman–Crippen LogP) is 10.2. The molecule has 3 unspecified atom stereocenters. The van der Waals surface area contributed by atoms with Gasteiger partial charge in [-0.2, -0.15) is 0 Å². The second-order valence-corrected chi connectivity index (χ2v) is 13.6. The van der Waals surface area contributed by atoms with Gasteiger partial charge in [0.1, 0.15) is 6.04 Å². The van der Waals surface area contributed by atoms with E-state index in [9.17, 15) is 4.79 Å². The Hall–Kier alpha value is -1.41. The molecule has 6 atom stereocenters. The van der Waals surface area contributed by atoms with E-state index in [0.717, 1.165) is 25.7 Å². The number of carbonyl (C=O) groups excluding carboxylic acids is 1. The highest BCUT2D eigenvalue weighted by Gasteiger charge is 2.46. The summed E-state index contributed by atoms with van der Waals surface area (Å²) in [4.78, 5) is 13.2. The highest BCUT2D eigenvalue weighted by molar-refractivity contribution is 5.76. The summed E-state index contributed by atoms with van der Waals surface area (Å²) in [7, 11) is 3.47. The van der Waals surface area contributed by atoms with Crippen molar-refractivity contribution in [3.05, 3.63) is 24.5 Å². The van der Waals surface area contributed by atoms with Crippen LogP contribution in [0.2, 0.25) is 0 Å². The van der Waals surface area contributed by atoms with Crippen LogP contribution in [0.3, 0.4) is 0 Å². The van der Waals surface area contributed by atoms with Gasteiger partial charge in [-0.25, -0.2) is 0 Å². The van der Waals surface area contributed by atoms with Crippen LogP contribution >= 0.6 is 0 Å². The first-order chi connectivity index (χ1) is 23.0. The van der Waals surface area contributed by atoms with Crippen LogP contribution in [0, 0.1) is 5.92 Å². The Balaban J connectivity index is 2.53. The Morgan fingerprint density at radius 1 is 0.809 bits per heavy atom. The molecule has 0 saturated carbocycles. The van der Waals surface area contributed by atoms with Crippen LogP contribution in [0.1, 0.15) is 163 Å². The lowest BCUT2D eigenvalue weighted by Gasteiger charge is -2.45. The topological polar surface area (TPSA) is 75.2 Å². The molecule has 1 aliphatic heterocycles. The molecule has 47 heavy (non-hydrogen) atoms. The maximum atomic E-state index is 13.2. The number of nitrogens with one attached hydrogen (secondary N) is 1. The molecule has 0 aromatic heterocycles. The summed E-state index contributed by atoms with van der Waals surface area (Å²) in [5.74, 6) is 0.0454. The van der Waals surface area contributed by atoms with Gasteiger partial charge in [0.15, 0.2) is 0 Å². The van der Waals surface area contributed by atoms with Gasteiger partial charge in [-0.1, -0.05) is 122 Å². The molecular formula is C40H75NO6. The molecule has 276 valence electrons. The van der Waals surface area contributed by atoms with Crippen LogP contribution in [0.4, 0.5) is 0 Å². The number of allylic oxidation sites excluding steroid dienone is 3. The maximum absolute atomic E-state index is 13.2. The predicted molar refractivity (Wildman–Crippen MR) is 196 cm³/mol. The molecule has 7 nitrogen and oxygen atoms in total. The summed E-state index contributed by atoms with van der Waals surface area (Å²) >= 11 is 0. The smallest absolute Gasteiger partial charge is 0.222 e. The summed E-state index contributed by atoms with van der Waals surface area (Å²) in [6, 6.07) is -0.415. The van der Waals surface area contributed by atoms with Crippen LogP contribution < -0.4 is 5.32 Å². The second kappa shape index (κ2) is 30.6. The van der Waals surface area contributed by atoms with Gasteiger partial charge in [-0.3, -0.25) is 4.79 Å². The lowest BCUT2D eigenvalue weighted by atomic mass is 9.88. The normalized spacial score (nSPS) is 22.3. The molecule has 0 radical (unpaired) electrons. The van der Waals surface area contributed by atoms with E-state index in [1.807, 2.05) is 13.0 Å². The molecule has 0 aliphatic carbocycles. The lowest BCUT2D eigenvalue weighted by molar-refractivity contribution is -0.247. The number of rotatable bonds is 31. The Morgan fingerprint density at radius 2 is 1.40 bits per heavy atom. The van der Waals surface area contributed by atoms with Crippen molar-refractivity contribution in [3.8, 4) is 0 Å². The van der Waals surface area contributed by atoms with E-state index in [1.165, 1.54) is 103 Å². The molecule has 1 saturated heterocycles. The van der Waals surface area contributed by atoms with Crippen molar-refractivity contribution < 1.29 is 28.5 Å². The minimum absolute atomic E-state index is 0.0158. The van der Waals surface area contributed by atoms with Crippen molar-refractivity contribution in [1.82, 2.24) is 5.32 Å². The van der Waals surface area contributed by atoms with E-state index in [-0.39, 0.29) is 30.1 Å². The molecule has 1 N–H and O–H groups in total. The van der Waals surface area contributed by atoms with Crippen molar-refractivity contribution in [1.29, 1.82) is 0 Å². The quantitative estimate of drug-likeness (QED) is 0.0451. The molecule has 7 heteroatoms. The minimum atomic E-state index is -0.649. The number of hydrogen-bond donors (Lipinski definition) is 1. The van der Waals surface area contributed by atoms with Gasteiger partial charge in [0.05, 0.1) is 31.2 Å². The Kier molecular flexibility index (Phi) is 28.4. The number of carbonyl (C=O) groups is 1. The van der Waals surface area contributed by atoms with Gasteiger partial charge in [0, 0.05) is 33.2 Å². The fraction of sp³-hybridized carbons (Fsp3) is 0.875. The first-order valence-electron chi connectivity index (χ1n) is 19.5. The molecule has 0 spiro atoms. The van der Waals surface area contributed by atoms with Crippen LogP contribution in [0.25, 0.3) is 0 Å². The van der Waals surface area contributed by atoms with E-state index < -0.39 is 12.3 Å². The van der Waals surface area contributed by atoms with E-state index in [1.54, 1.807) is 20.5 Å². The van der Waals surface area contributed by atoms with Gasteiger partial charge >= 0.3 is 0 Å². The third-order valence-corrected chi connectivity index (χ3v) is 9.45. The summed E-state index contributed by atoms with van der Waals surface area (Å²) in [6.07, 6.45) is 32.0. The highest BCUT2D eigenvalue weighted by Crippen LogP contribution is 2.30. The monoisotopic (exact) mass is 666 g/mol. The standard InChI is InChI=1S/C40H75NO6/c1-7-10-12-14-15-16-17-18-19-20-21-22-23-25-27-29-37(42)41-38-39(34(4)36(33-43-5)47-40(38)46-31-9-3)45-32-30-35(44-6)28-26-24-13-11-8-2/h9,16-17,31,34-36,38-40H,7-8,10-15,18-30,32-33H2,1-6H3,(H,41,42)/b17-16-,31-9-/t34-,35?,36?,38-,39?,40+/m1/s1. The largest absolute Gasteiger partial charge is 0.471 e. The van der Waals surface area contributed by atoms with E-state index in [4.69, 9.17) is 23.7 Å². The molecule has 1 rings (SSSR count). The van der Waals surface area contributed by atoms with Crippen LogP contribution in [-0.4, -0.2) is 64.0 Å². The van der Waals surface area contributed by atoms with Crippen molar-refractivity contribution in [2.45, 2.75) is 193 Å². The highest BCUT2D eigenvalue weighted by atomic mass is 16.7. The first-order valence-corrected chi connectivity index (χ1v) is 19.5. The summed E-state index contributed by atoms with van der Waals surface area (Å²) in [6.45, 7) is 9.52. The summed E-state index contributed by atoms with van der Waals surface area (Å²) < 4.78 is 30.1. The summed E-state index contributed by atoms with van der Waals surface area (Å²) in [5, 5.41) is 3.25. The van der Waals surface area contributed by atoms with Gasteiger partial charge < -0.3 is 29.0 Å². The van der Waals surface area contributed by atoms with Crippen LogP contribution in [0.15, 0.2) is 24.5 Å². The van der Waals surface area contributed by atoms with E-state index in [2.05, 4.69) is 38.2 Å². The average Bonchev–Trinajstić information content (AvgIpc) is 3.07. The molecule has 0 bridgehead atoms. The number of hydrogen-bond acceptors (Lipinski definition) is 6. The lowest BCUT2D eigenvalue weighted by Crippen LogP contribution is -2.62.